The molecule has 0 bridgehead atoms. The number of hydrogen-bond acceptors (Lipinski definition) is 8. The number of rotatable bonds is 5. The largest absolute Gasteiger partial charge is 0.486 e. The average molecular weight is 413 g/mol. The van der Waals surface area contributed by atoms with Crippen LogP contribution in [-0.4, -0.2) is 43.7 Å². The molecule has 0 radical (unpaired) electrons. The summed E-state index contributed by atoms with van der Waals surface area (Å²) in [6, 6.07) is 0. The summed E-state index contributed by atoms with van der Waals surface area (Å²) in [4.78, 5) is 26.5. The Balaban J connectivity index is 1.58. The maximum Gasteiger partial charge on any atom is 0.291 e. The van der Waals surface area contributed by atoms with Crippen LogP contribution >= 0.6 is 22.7 Å². The van der Waals surface area contributed by atoms with E-state index in [4.69, 9.17) is 9.72 Å². The SMILES string of the molecule is COc1scnc1Cn1ncc2c3sc(CC4=NCC=C4)nc3n(C)c2c1=O. The standard InChI is InChI=1S/C18H16N6O2S2/c1-23-14-11(15-16(23)22-13(28-15)6-10-4-3-5-19-10)7-21-24(17(14)25)8-12-18(26-2)27-9-20-12/h3-4,7,9H,5-6,8H2,1-2H3. The molecule has 0 spiro atoms. The van der Waals surface area contributed by atoms with Crippen molar-refractivity contribution in [2.45, 2.75) is 13.0 Å². The van der Waals surface area contributed by atoms with Gasteiger partial charge in [-0.3, -0.25) is 9.79 Å². The summed E-state index contributed by atoms with van der Waals surface area (Å²) in [6.07, 6.45) is 6.54. The van der Waals surface area contributed by atoms with Crippen LogP contribution in [0.5, 0.6) is 5.06 Å². The number of hydrogen-bond donors (Lipinski definition) is 0. The number of allylic oxidation sites excluding steroid dienone is 1. The number of aliphatic imine (C=N–C) groups is 1. The quantitative estimate of drug-likeness (QED) is 0.502. The Morgan fingerprint density at radius 3 is 3.04 bits per heavy atom. The molecule has 0 aliphatic carbocycles. The number of thiazole rings is 2. The lowest BCUT2D eigenvalue weighted by Crippen LogP contribution is -2.24. The molecule has 0 saturated heterocycles. The maximum atomic E-state index is 13.1. The van der Waals surface area contributed by atoms with Gasteiger partial charge in [0.05, 0.1) is 36.6 Å². The molecule has 1 aliphatic heterocycles. The van der Waals surface area contributed by atoms with Gasteiger partial charge in [0.15, 0.2) is 10.7 Å². The van der Waals surface area contributed by atoms with Crippen molar-refractivity contribution in [3.05, 3.63) is 44.9 Å². The summed E-state index contributed by atoms with van der Waals surface area (Å²) < 4.78 is 9.56. The smallest absolute Gasteiger partial charge is 0.291 e. The van der Waals surface area contributed by atoms with Crippen LogP contribution in [0, 0.1) is 0 Å². The molecule has 1 aliphatic rings. The third-order valence-electron chi connectivity index (χ3n) is 4.70. The average Bonchev–Trinajstić information content (AvgIpc) is 3.46. The van der Waals surface area contributed by atoms with Gasteiger partial charge in [-0.05, 0) is 6.08 Å². The van der Waals surface area contributed by atoms with Crippen LogP contribution in [0.3, 0.4) is 0 Å². The van der Waals surface area contributed by atoms with Gasteiger partial charge in [-0.2, -0.15) is 5.10 Å². The molecule has 0 fully saturated rings. The Labute approximate surface area is 167 Å². The van der Waals surface area contributed by atoms with E-state index in [1.165, 1.54) is 16.0 Å². The van der Waals surface area contributed by atoms with Crippen LogP contribution in [-0.2, 0) is 20.0 Å². The third kappa shape index (κ3) is 2.68. The van der Waals surface area contributed by atoms with E-state index in [2.05, 4.69) is 15.1 Å². The highest BCUT2D eigenvalue weighted by molar-refractivity contribution is 7.19. The first-order valence-corrected chi connectivity index (χ1v) is 10.4. The highest BCUT2D eigenvalue weighted by Gasteiger charge is 2.19. The summed E-state index contributed by atoms with van der Waals surface area (Å²) in [5.74, 6) is 0. The van der Waals surface area contributed by atoms with Crippen LogP contribution in [0.4, 0.5) is 0 Å². The fourth-order valence-corrected chi connectivity index (χ4v) is 5.12. The van der Waals surface area contributed by atoms with Gasteiger partial charge in [-0.25, -0.2) is 14.6 Å². The second kappa shape index (κ2) is 6.64. The van der Waals surface area contributed by atoms with Crippen LogP contribution < -0.4 is 10.3 Å². The fourth-order valence-electron chi connectivity index (χ4n) is 3.37. The first kappa shape index (κ1) is 17.3. The zero-order valence-corrected chi connectivity index (χ0v) is 16.9. The molecule has 0 saturated carbocycles. The third-order valence-corrected chi connectivity index (χ3v) is 6.61. The molecular weight excluding hydrogens is 396 g/mol. The van der Waals surface area contributed by atoms with Crippen molar-refractivity contribution in [2.24, 2.45) is 12.0 Å². The molecule has 4 aromatic rings. The van der Waals surface area contributed by atoms with Crippen LogP contribution in [0.25, 0.3) is 21.3 Å². The molecule has 5 heterocycles. The Morgan fingerprint density at radius 1 is 1.36 bits per heavy atom. The fraction of sp³-hybridized carbons (Fsp3) is 0.278. The summed E-state index contributed by atoms with van der Waals surface area (Å²) in [5, 5.41) is 6.89. The van der Waals surface area contributed by atoms with E-state index in [9.17, 15) is 4.79 Å². The molecule has 0 amide bonds. The van der Waals surface area contributed by atoms with Gasteiger partial charge in [0, 0.05) is 24.6 Å². The number of nitrogens with zero attached hydrogens (tertiary/aromatic N) is 6. The zero-order valence-electron chi connectivity index (χ0n) is 15.2. The monoisotopic (exact) mass is 412 g/mol. The molecule has 10 heteroatoms. The first-order valence-electron chi connectivity index (χ1n) is 8.66. The number of methoxy groups -OCH3 is 1. The van der Waals surface area contributed by atoms with Crippen LogP contribution in [0.15, 0.2) is 33.6 Å². The molecule has 0 aromatic carbocycles. The molecule has 142 valence electrons. The van der Waals surface area contributed by atoms with E-state index in [0.717, 1.165) is 33.0 Å². The predicted molar refractivity (Wildman–Crippen MR) is 111 cm³/mol. The lowest BCUT2D eigenvalue weighted by atomic mass is 10.3. The molecule has 28 heavy (non-hydrogen) atoms. The number of aromatic nitrogens is 5. The van der Waals surface area contributed by atoms with Crippen LogP contribution in [0.1, 0.15) is 10.7 Å². The molecule has 4 aromatic heterocycles. The normalized spacial score (nSPS) is 13.7. The molecule has 0 unspecified atom stereocenters. The molecule has 0 N–H and O–H groups in total. The highest BCUT2D eigenvalue weighted by Crippen LogP contribution is 2.31. The second-order valence-electron chi connectivity index (χ2n) is 6.39. The van der Waals surface area contributed by atoms with Gasteiger partial charge in [0.1, 0.15) is 16.2 Å². The summed E-state index contributed by atoms with van der Waals surface area (Å²) >= 11 is 2.99. The van der Waals surface area contributed by atoms with Gasteiger partial charge in [-0.1, -0.05) is 17.4 Å². The topological polar surface area (TPSA) is 87.2 Å². The van der Waals surface area contributed by atoms with E-state index in [0.29, 0.717) is 22.7 Å². The van der Waals surface area contributed by atoms with E-state index in [-0.39, 0.29) is 12.1 Å². The minimum atomic E-state index is -0.162. The van der Waals surface area contributed by atoms with E-state index < -0.39 is 0 Å². The first-order chi connectivity index (χ1) is 13.7. The van der Waals surface area contributed by atoms with Crippen LogP contribution in [0.2, 0.25) is 0 Å². The van der Waals surface area contributed by atoms with E-state index in [1.807, 2.05) is 23.8 Å². The summed E-state index contributed by atoms with van der Waals surface area (Å²) in [7, 11) is 3.47. The lowest BCUT2D eigenvalue weighted by Gasteiger charge is -2.05. The minimum absolute atomic E-state index is 0.162. The number of fused-ring (bicyclic) bond motifs is 3. The van der Waals surface area contributed by atoms with Crippen molar-refractivity contribution < 1.29 is 4.74 Å². The van der Waals surface area contributed by atoms with E-state index >= 15 is 0 Å². The zero-order chi connectivity index (χ0) is 19.3. The summed E-state index contributed by atoms with van der Waals surface area (Å²) in [6.45, 7) is 1.02. The Hall–Kier alpha value is -2.85. The Kier molecular flexibility index (Phi) is 4.09. The van der Waals surface area contributed by atoms with Gasteiger partial charge >= 0.3 is 0 Å². The number of aryl methyl sites for hydroxylation is 1. The molecule has 8 nitrogen and oxygen atoms in total. The van der Waals surface area contributed by atoms with Crippen molar-refractivity contribution >= 4 is 49.6 Å². The van der Waals surface area contributed by atoms with Gasteiger partial charge < -0.3 is 9.30 Å². The molecular formula is C18H16N6O2S2. The van der Waals surface area contributed by atoms with Crippen molar-refractivity contribution in [3.63, 3.8) is 0 Å². The highest BCUT2D eigenvalue weighted by atomic mass is 32.1. The van der Waals surface area contributed by atoms with Crippen molar-refractivity contribution in [3.8, 4) is 5.06 Å². The lowest BCUT2D eigenvalue weighted by molar-refractivity contribution is 0.417. The maximum absolute atomic E-state index is 13.1. The van der Waals surface area contributed by atoms with Gasteiger partial charge in [0.2, 0.25) is 0 Å². The van der Waals surface area contributed by atoms with E-state index in [1.54, 1.807) is 30.2 Å². The van der Waals surface area contributed by atoms with Crippen molar-refractivity contribution in [1.82, 2.24) is 24.3 Å². The van der Waals surface area contributed by atoms with Crippen molar-refractivity contribution in [1.29, 1.82) is 0 Å². The van der Waals surface area contributed by atoms with Gasteiger partial charge in [-0.15, -0.1) is 11.3 Å². The second-order valence-corrected chi connectivity index (χ2v) is 8.29. The molecule has 0 atom stereocenters. The Morgan fingerprint density at radius 2 is 2.25 bits per heavy atom. The summed E-state index contributed by atoms with van der Waals surface area (Å²) in [5.41, 5.74) is 4.68. The minimum Gasteiger partial charge on any atom is -0.486 e. The Bertz CT molecular complexity index is 1320. The molecule has 5 rings (SSSR count). The van der Waals surface area contributed by atoms with Crippen molar-refractivity contribution in [2.75, 3.05) is 13.7 Å². The van der Waals surface area contributed by atoms with Gasteiger partial charge in [0.25, 0.3) is 5.56 Å². The predicted octanol–water partition coefficient (Wildman–Crippen LogP) is 2.41. The number of ether oxygens (including phenoxy) is 1.